The van der Waals surface area contributed by atoms with Crippen LogP contribution >= 0.6 is 34.5 Å². The Morgan fingerprint density at radius 2 is 1.81 bits per heavy atom. The molecule has 1 aromatic heterocycles. The number of fused-ring (bicyclic) bond motifs is 1. The normalized spacial score (nSPS) is 12.6. The van der Waals surface area contributed by atoms with Gasteiger partial charge >= 0.3 is 0 Å². The molecule has 2 aromatic carbocycles. The van der Waals surface area contributed by atoms with E-state index in [1.165, 1.54) is 47.0 Å². The van der Waals surface area contributed by atoms with Crippen LogP contribution in [0.4, 0.5) is 0 Å². The number of hydrogen-bond acceptors (Lipinski definition) is 4. The first-order valence-corrected chi connectivity index (χ1v) is 12.2. The lowest BCUT2D eigenvalue weighted by Crippen LogP contribution is -2.33. The van der Waals surface area contributed by atoms with Crippen LogP contribution in [-0.4, -0.2) is 36.3 Å². The zero-order valence-corrected chi connectivity index (χ0v) is 20.1. The Morgan fingerprint density at radius 1 is 1.19 bits per heavy atom. The smallest absolute Gasteiger partial charge is 0.279 e. The molecule has 0 fully saturated rings. The second kappa shape index (κ2) is 9.15. The van der Waals surface area contributed by atoms with Crippen molar-refractivity contribution < 1.29 is 13.2 Å². The van der Waals surface area contributed by atoms with Crippen molar-refractivity contribution in [2.24, 2.45) is 4.99 Å². The summed E-state index contributed by atoms with van der Waals surface area (Å²) in [5.41, 5.74) is 0.856. The molecule has 6 nitrogen and oxygen atoms in total. The number of carbonyl (C=O) groups is 1. The molecular weight excluding hydrogens is 477 g/mol. The number of nitrogens with zero attached hydrogens (tertiary/aromatic N) is 3. The van der Waals surface area contributed by atoms with E-state index in [0.29, 0.717) is 25.1 Å². The first-order valence-electron chi connectivity index (χ1n) is 9.16. The fraction of sp³-hybridized carbons (Fsp3) is 0.238. The largest absolute Gasteiger partial charge is 0.303 e. The van der Waals surface area contributed by atoms with Crippen molar-refractivity contribution >= 4 is 60.7 Å². The third kappa shape index (κ3) is 4.56. The molecule has 0 bridgehead atoms. The van der Waals surface area contributed by atoms with Gasteiger partial charge in [-0.3, -0.25) is 4.79 Å². The Morgan fingerprint density at radius 3 is 2.39 bits per heavy atom. The Balaban J connectivity index is 2.04. The molecule has 1 heterocycles. The number of terminal acetylenes is 1. The van der Waals surface area contributed by atoms with Gasteiger partial charge in [-0.1, -0.05) is 40.5 Å². The summed E-state index contributed by atoms with van der Waals surface area (Å²) in [6.07, 6.45) is 5.48. The highest BCUT2D eigenvalue weighted by Crippen LogP contribution is 2.31. The van der Waals surface area contributed by atoms with Crippen molar-refractivity contribution in [2.45, 2.75) is 31.3 Å². The van der Waals surface area contributed by atoms with Crippen LogP contribution in [0.5, 0.6) is 0 Å². The predicted molar refractivity (Wildman–Crippen MR) is 125 cm³/mol. The van der Waals surface area contributed by atoms with Crippen LogP contribution in [0.25, 0.3) is 10.2 Å². The van der Waals surface area contributed by atoms with E-state index in [4.69, 9.17) is 29.6 Å². The summed E-state index contributed by atoms with van der Waals surface area (Å²) in [7, 11) is -2.13. The van der Waals surface area contributed by atoms with Crippen LogP contribution in [0.2, 0.25) is 10.0 Å². The van der Waals surface area contributed by atoms with Gasteiger partial charge in [0.05, 0.1) is 31.7 Å². The van der Waals surface area contributed by atoms with Crippen LogP contribution in [-0.2, 0) is 16.6 Å². The zero-order chi connectivity index (χ0) is 22.9. The quantitative estimate of drug-likeness (QED) is 0.492. The molecule has 0 spiro atoms. The summed E-state index contributed by atoms with van der Waals surface area (Å²) < 4.78 is 28.8. The van der Waals surface area contributed by atoms with E-state index in [9.17, 15) is 13.2 Å². The molecule has 0 N–H and O–H groups in total. The average Bonchev–Trinajstić information content (AvgIpc) is 3.09. The fourth-order valence-electron chi connectivity index (χ4n) is 2.80. The number of rotatable bonds is 5. The van der Waals surface area contributed by atoms with Crippen molar-refractivity contribution in [3.05, 3.63) is 56.8 Å². The van der Waals surface area contributed by atoms with Gasteiger partial charge in [-0.15, -0.1) is 6.42 Å². The topological polar surface area (TPSA) is 71.7 Å². The van der Waals surface area contributed by atoms with E-state index in [0.717, 1.165) is 0 Å². The van der Waals surface area contributed by atoms with E-state index in [1.54, 1.807) is 30.5 Å². The molecule has 1 amide bonds. The predicted octanol–water partition coefficient (Wildman–Crippen LogP) is 4.41. The van der Waals surface area contributed by atoms with Gasteiger partial charge in [0.15, 0.2) is 4.80 Å². The number of carbonyl (C=O) groups excluding carboxylic acids is 1. The molecular formula is C21H19Cl2N3O3S2. The van der Waals surface area contributed by atoms with Gasteiger partial charge in [-0.05, 0) is 50.2 Å². The number of sulfonamides is 1. The summed E-state index contributed by atoms with van der Waals surface area (Å²) in [4.78, 5) is 17.4. The molecule has 10 heteroatoms. The second-order valence-corrected chi connectivity index (χ2v) is 10.7. The van der Waals surface area contributed by atoms with Crippen LogP contribution in [0.15, 0.2) is 46.3 Å². The summed E-state index contributed by atoms with van der Waals surface area (Å²) >= 11 is 13.8. The third-order valence-electron chi connectivity index (χ3n) is 4.68. The highest BCUT2D eigenvalue weighted by Gasteiger charge is 2.23. The van der Waals surface area contributed by atoms with Crippen molar-refractivity contribution in [2.75, 3.05) is 7.05 Å². The molecule has 0 saturated heterocycles. The number of aromatic nitrogens is 1. The maximum absolute atomic E-state index is 12.8. The van der Waals surface area contributed by atoms with Crippen molar-refractivity contribution in [1.29, 1.82) is 0 Å². The van der Waals surface area contributed by atoms with E-state index >= 15 is 0 Å². The van der Waals surface area contributed by atoms with E-state index in [1.807, 2.05) is 0 Å². The molecule has 0 saturated carbocycles. The van der Waals surface area contributed by atoms with E-state index in [2.05, 4.69) is 10.9 Å². The van der Waals surface area contributed by atoms with Crippen LogP contribution in [0.3, 0.4) is 0 Å². The molecule has 0 aliphatic carbocycles. The molecule has 0 aliphatic rings. The maximum atomic E-state index is 12.8. The molecule has 0 unspecified atom stereocenters. The Kier molecular flexibility index (Phi) is 6.94. The minimum absolute atomic E-state index is 0.100. The second-order valence-electron chi connectivity index (χ2n) is 6.94. The first kappa shape index (κ1) is 23.5. The first-order chi connectivity index (χ1) is 14.6. The standard InChI is InChI=1S/C21H19Cl2N3O3S2/c1-5-12-26-18-16(22)10-11-17(23)19(18)30-21(26)24-20(27)14-6-8-15(9-7-14)31(28,29)25(4)13(2)3/h1,6-11,13H,12H2,2-4H3. The van der Waals surface area contributed by atoms with Crippen molar-refractivity contribution in [3.63, 3.8) is 0 Å². The van der Waals surface area contributed by atoms with Gasteiger partial charge in [-0.25, -0.2) is 8.42 Å². The van der Waals surface area contributed by atoms with Gasteiger partial charge < -0.3 is 4.57 Å². The molecule has 0 aliphatic heterocycles. The SMILES string of the molecule is C#CCn1c(=NC(=O)c2ccc(S(=O)(=O)N(C)C(C)C)cc2)sc2c(Cl)ccc(Cl)c21. The Labute approximate surface area is 194 Å². The lowest BCUT2D eigenvalue weighted by Gasteiger charge is -2.20. The molecule has 0 atom stereocenters. The maximum Gasteiger partial charge on any atom is 0.279 e. The average molecular weight is 496 g/mol. The van der Waals surface area contributed by atoms with E-state index < -0.39 is 15.9 Å². The van der Waals surface area contributed by atoms with Gasteiger partial charge in [0.25, 0.3) is 5.91 Å². The van der Waals surface area contributed by atoms with Gasteiger partial charge in [-0.2, -0.15) is 9.30 Å². The fourth-order valence-corrected chi connectivity index (χ4v) is 5.81. The van der Waals surface area contributed by atoms with Gasteiger partial charge in [0.2, 0.25) is 10.0 Å². The summed E-state index contributed by atoms with van der Waals surface area (Å²) in [5, 5.41) is 0.927. The number of halogens is 2. The highest BCUT2D eigenvalue weighted by atomic mass is 35.5. The Hall–Kier alpha value is -2.15. The number of amides is 1. The third-order valence-corrected chi connectivity index (χ3v) is 8.57. The van der Waals surface area contributed by atoms with Crippen LogP contribution < -0.4 is 4.80 Å². The van der Waals surface area contributed by atoms with Gasteiger partial charge in [0.1, 0.15) is 0 Å². The molecule has 0 radical (unpaired) electrons. The summed E-state index contributed by atoms with van der Waals surface area (Å²) in [6, 6.07) is 8.79. The molecule has 3 aromatic rings. The zero-order valence-electron chi connectivity index (χ0n) is 17.0. The summed E-state index contributed by atoms with van der Waals surface area (Å²) in [5.74, 6) is 1.99. The minimum Gasteiger partial charge on any atom is -0.303 e. The van der Waals surface area contributed by atoms with Crippen molar-refractivity contribution in [3.8, 4) is 12.3 Å². The highest BCUT2D eigenvalue weighted by molar-refractivity contribution is 7.89. The van der Waals surface area contributed by atoms with Crippen LogP contribution in [0.1, 0.15) is 24.2 Å². The van der Waals surface area contributed by atoms with E-state index in [-0.39, 0.29) is 23.0 Å². The Bertz CT molecular complexity index is 1370. The van der Waals surface area contributed by atoms with Crippen LogP contribution in [0, 0.1) is 12.3 Å². The van der Waals surface area contributed by atoms with Gasteiger partial charge in [0, 0.05) is 18.7 Å². The molecule has 3 rings (SSSR count). The summed E-state index contributed by atoms with van der Waals surface area (Å²) in [6.45, 7) is 3.72. The van der Waals surface area contributed by atoms with Crippen molar-refractivity contribution in [1.82, 2.24) is 8.87 Å². The molecule has 162 valence electrons. The molecule has 31 heavy (non-hydrogen) atoms. The lowest BCUT2D eigenvalue weighted by molar-refractivity contribution is 0.0998. The number of benzene rings is 2. The minimum atomic E-state index is -3.64. The number of hydrogen-bond donors (Lipinski definition) is 0. The lowest BCUT2D eigenvalue weighted by atomic mass is 10.2. The monoisotopic (exact) mass is 495 g/mol. The number of thiazole rings is 1.